The topological polar surface area (TPSA) is 63.6 Å². The van der Waals surface area contributed by atoms with Gasteiger partial charge in [0, 0.05) is 25.0 Å². The molecule has 6 nitrogen and oxygen atoms in total. The van der Waals surface area contributed by atoms with Gasteiger partial charge in [0.1, 0.15) is 5.82 Å². The molecule has 1 fully saturated rings. The van der Waals surface area contributed by atoms with Crippen LogP contribution in [-0.4, -0.2) is 45.2 Å². The Morgan fingerprint density at radius 3 is 2.42 bits per heavy atom. The summed E-state index contributed by atoms with van der Waals surface area (Å²) in [6, 6.07) is 14.8. The predicted octanol–water partition coefficient (Wildman–Crippen LogP) is 4.63. The predicted molar refractivity (Wildman–Crippen MR) is 127 cm³/mol. The molecular weight excluding hydrogens is 410 g/mol. The van der Waals surface area contributed by atoms with Crippen molar-refractivity contribution < 1.29 is 13.2 Å². The molecule has 1 N–H and O–H groups in total. The summed E-state index contributed by atoms with van der Waals surface area (Å²) in [5, 5.41) is 4.43. The third kappa shape index (κ3) is 4.29. The number of aromatic nitrogens is 1. The molecule has 1 aliphatic rings. The first-order chi connectivity index (χ1) is 15.0. The fourth-order valence-corrected chi connectivity index (χ4v) is 5.61. The van der Waals surface area contributed by atoms with E-state index in [-0.39, 0.29) is 0 Å². The average molecular weight is 442 g/mol. The van der Waals surface area contributed by atoms with Crippen LogP contribution in [0.4, 0.5) is 11.5 Å². The van der Waals surface area contributed by atoms with Crippen molar-refractivity contribution in [3.63, 3.8) is 0 Å². The molecule has 0 amide bonds. The maximum absolute atomic E-state index is 13.8. The zero-order valence-corrected chi connectivity index (χ0v) is 19.1. The molecule has 31 heavy (non-hydrogen) atoms. The number of rotatable bonds is 8. The van der Waals surface area contributed by atoms with Gasteiger partial charge >= 0.3 is 0 Å². The van der Waals surface area contributed by atoms with Gasteiger partial charge < -0.3 is 15.0 Å². The van der Waals surface area contributed by atoms with Crippen LogP contribution < -0.4 is 10.2 Å². The normalized spacial score (nSPS) is 14.8. The Balaban J connectivity index is 1.91. The van der Waals surface area contributed by atoms with E-state index in [1.807, 2.05) is 43.3 Å². The number of hydrogen-bond donors (Lipinski definition) is 1. The van der Waals surface area contributed by atoms with E-state index in [1.165, 1.54) is 3.97 Å². The molecule has 166 valence electrons. The Kier molecular flexibility index (Phi) is 6.53. The summed E-state index contributed by atoms with van der Waals surface area (Å²) in [6.45, 7) is 7.60. The zero-order valence-electron chi connectivity index (χ0n) is 18.3. The molecule has 4 rings (SSSR count). The summed E-state index contributed by atoms with van der Waals surface area (Å²) in [4.78, 5) is 2.54. The molecule has 0 bridgehead atoms. The van der Waals surface area contributed by atoms with Crippen LogP contribution in [0.1, 0.15) is 31.7 Å². The fourth-order valence-electron chi connectivity index (χ4n) is 4.10. The van der Waals surface area contributed by atoms with Crippen LogP contribution in [0.3, 0.4) is 0 Å². The molecule has 3 aromatic rings. The molecule has 0 saturated carbocycles. The minimum atomic E-state index is -3.78. The van der Waals surface area contributed by atoms with Crippen molar-refractivity contribution in [2.24, 2.45) is 0 Å². The van der Waals surface area contributed by atoms with Gasteiger partial charge in [0.05, 0.1) is 29.3 Å². The lowest BCUT2D eigenvalue weighted by Gasteiger charge is -2.30. The largest absolute Gasteiger partial charge is 0.378 e. The first-order valence-corrected chi connectivity index (χ1v) is 12.5. The number of aryl methyl sites for hydroxylation is 1. The highest BCUT2D eigenvalue weighted by Crippen LogP contribution is 2.41. The number of hydrogen-bond acceptors (Lipinski definition) is 5. The van der Waals surface area contributed by atoms with Crippen LogP contribution in [0, 0.1) is 6.92 Å². The Hall–Kier alpha value is -2.51. The number of benzene rings is 2. The summed E-state index contributed by atoms with van der Waals surface area (Å²) in [5.74, 6) is 0.653. The second-order valence-electron chi connectivity index (χ2n) is 8.03. The summed E-state index contributed by atoms with van der Waals surface area (Å²) < 4.78 is 34.7. The highest BCUT2D eigenvalue weighted by atomic mass is 32.2. The maximum Gasteiger partial charge on any atom is 0.269 e. The van der Waals surface area contributed by atoms with Gasteiger partial charge in [-0.25, -0.2) is 12.4 Å². The summed E-state index contributed by atoms with van der Waals surface area (Å²) in [7, 11) is -3.78. The molecule has 1 aromatic heterocycles. The standard InChI is InChI=1S/C24H31N3O3S/c1-3-4-7-14-25-24-23(26-15-17-30-18-16-26)21-8-5-6-9-22(21)27(24)31(28,29)20-12-10-19(2)11-13-20/h5-6,8-13,25H,3-4,7,14-18H2,1-2H3. The van der Waals surface area contributed by atoms with Crippen LogP contribution in [0.2, 0.25) is 0 Å². The van der Waals surface area contributed by atoms with E-state index in [1.54, 1.807) is 12.1 Å². The van der Waals surface area contributed by atoms with Crippen molar-refractivity contribution in [3.8, 4) is 0 Å². The number of para-hydroxylation sites is 1. The van der Waals surface area contributed by atoms with Crippen molar-refractivity contribution in [1.29, 1.82) is 0 Å². The summed E-state index contributed by atoms with van der Waals surface area (Å²) in [6.07, 6.45) is 3.21. The van der Waals surface area contributed by atoms with Crippen molar-refractivity contribution in [3.05, 3.63) is 54.1 Å². The number of fused-ring (bicyclic) bond motifs is 1. The second-order valence-corrected chi connectivity index (χ2v) is 9.82. The molecule has 1 saturated heterocycles. The molecule has 1 aliphatic heterocycles. The number of nitrogens with one attached hydrogen (secondary N) is 1. The van der Waals surface area contributed by atoms with Crippen molar-refractivity contribution >= 4 is 32.4 Å². The summed E-state index contributed by atoms with van der Waals surface area (Å²) >= 11 is 0. The van der Waals surface area contributed by atoms with Gasteiger partial charge in [0.2, 0.25) is 0 Å². The van der Waals surface area contributed by atoms with Crippen LogP contribution in [0.5, 0.6) is 0 Å². The minimum absolute atomic E-state index is 0.295. The first-order valence-electron chi connectivity index (χ1n) is 11.1. The van der Waals surface area contributed by atoms with Crippen LogP contribution in [0.15, 0.2) is 53.4 Å². The molecule has 0 radical (unpaired) electrons. The van der Waals surface area contributed by atoms with Gasteiger partial charge in [-0.15, -0.1) is 0 Å². The number of nitrogens with zero attached hydrogens (tertiary/aromatic N) is 2. The maximum atomic E-state index is 13.8. The van der Waals surface area contributed by atoms with Gasteiger partial charge in [0.25, 0.3) is 10.0 Å². The summed E-state index contributed by atoms with van der Waals surface area (Å²) in [5.41, 5.74) is 2.68. The number of anilines is 2. The highest BCUT2D eigenvalue weighted by Gasteiger charge is 2.29. The number of unbranched alkanes of at least 4 members (excludes halogenated alkanes) is 2. The van der Waals surface area contributed by atoms with Crippen molar-refractivity contribution in [2.75, 3.05) is 43.1 Å². The average Bonchev–Trinajstić information content (AvgIpc) is 3.12. The van der Waals surface area contributed by atoms with E-state index in [4.69, 9.17) is 4.74 Å². The van der Waals surface area contributed by atoms with Gasteiger partial charge in [-0.1, -0.05) is 55.7 Å². The van der Waals surface area contributed by atoms with Gasteiger partial charge in [-0.2, -0.15) is 0 Å². The van der Waals surface area contributed by atoms with Crippen molar-refractivity contribution in [2.45, 2.75) is 38.0 Å². The van der Waals surface area contributed by atoms with E-state index in [2.05, 4.69) is 17.1 Å². The Bertz CT molecular complexity index is 1130. The minimum Gasteiger partial charge on any atom is -0.378 e. The third-order valence-corrected chi connectivity index (χ3v) is 7.49. The molecule has 7 heteroatoms. The lowest BCUT2D eigenvalue weighted by molar-refractivity contribution is 0.123. The molecule has 0 aliphatic carbocycles. The van der Waals surface area contributed by atoms with Crippen molar-refractivity contribution in [1.82, 2.24) is 3.97 Å². The van der Waals surface area contributed by atoms with E-state index < -0.39 is 10.0 Å². The molecule has 2 aromatic carbocycles. The van der Waals surface area contributed by atoms with E-state index >= 15 is 0 Å². The van der Waals surface area contributed by atoms with Crippen LogP contribution in [-0.2, 0) is 14.8 Å². The Morgan fingerprint density at radius 2 is 1.71 bits per heavy atom. The lowest BCUT2D eigenvalue weighted by Crippen LogP contribution is -2.36. The van der Waals surface area contributed by atoms with Gasteiger partial charge in [-0.05, 0) is 31.5 Å². The van der Waals surface area contributed by atoms with Crippen LogP contribution >= 0.6 is 0 Å². The third-order valence-electron chi connectivity index (χ3n) is 5.76. The SMILES string of the molecule is CCCCCNc1c(N2CCOCC2)c2ccccc2n1S(=O)(=O)c1ccc(C)cc1. The van der Waals surface area contributed by atoms with E-state index in [0.29, 0.717) is 29.4 Å². The van der Waals surface area contributed by atoms with Gasteiger partial charge in [0.15, 0.2) is 0 Å². The smallest absolute Gasteiger partial charge is 0.269 e. The zero-order chi connectivity index (χ0) is 21.8. The second kappa shape index (κ2) is 9.32. The Labute approximate surface area is 184 Å². The fraction of sp³-hybridized carbons (Fsp3) is 0.417. The molecule has 2 heterocycles. The number of morpholine rings is 1. The monoisotopic (exact) mass is 441 g/mol. The number of ether oxygens (including phenoxy) is 1. The highest BCUT2D eigenvalue weighted by molar-refractivity contribution is 7.90. The molecule has 0 spiro atoms. The van der Waals surface area contributed by atoms with Gasteiger partial charge in [-0.3, -0.25) is 0 Å². The van der Waals surface area contributed by atoms with E-state index in [9.17, 15) is 8.42 Å². The first kappa shape index (κ1) is 21.7. The van der Waals surface area contributed by atoms with Crippen LogP contribution in [0.25, 0.3) is 10.9 Å². The lowest BCUT2D eigenvalue weighted by atomic mass is 10.2. The van der Waals surface area contributed by atoms with E-state index in [0.717, 1.165) is 55.5 Å². The quantitative estimate of drug-likeness (QED) is 0.517. The molecule has 0 unspecified atom stereocenters. The molecule has 0 atom stereocenters. The Morgan fingerprint density at radius 1 is 1.00 bits per heavy atom. The molecular formula is C24H31N3O3S.